The number of rotatable bonds is 4. The van der Waals surface area contributed by atoms with Gasteiger partial charge in [-0.15, -0.1) is 0 Å². The first-order valence-electron chi connectivity index (χ1n) is 5.77. The highest BCUT2D eigenvalue weighted by Gasteiger charge is 2.16. The number of aryl methyl sites for hydroxylation is 1. The van der Waals surface area contributed by atoms with Gasteiger partial charge in [-0.25, -0.2) is 0 Å². The number of carbonyl (C=O) groups is 2. The van der Waals surface area contributed by atoms with Crippen molar-refractivity contribution in [2.24, 2.45) is 5.73 Å². The van der Waals surface area contributed by atoms with E-state index < -0.39 is 6.04 Å². The minimum Gasteiger partial charge on any atom is -0.335 e. The van der Waals surface area contributed by atoms with Crippen molar-refractivity contribution in [2.45, 2.75) is 19.9 Å². The molecule has 1 aromatic rings. The van der Waals surface area contributed by atoms with Gasteiger partial charge >= 0.3 is 0 Å². The Bertz CT molecular complexity index is 426. The molecular weight excluding hydrogens is 230 g/mol. The normalized spacial score (nSPS) is 11.8. The molecule has 0 radical (unpaired) electrons. The van der Waals surface area contributed by atoms with Crippen LogP contribution in [0.2, 0.25) is 0 Å². The second-order valence-corrected chi connectivity index (χ2v) is 4.40. The summed E-state index contributed by atoms with van der Waals surface area (Å²) in [5, 5.41) is 2.72. The number of anilines is 1. The standard InChI is InChI=1S/C13H19N3O2/c1-9-4-6-11(7-5-9)15-12(17)8-16(3)13(18)10(2)14/h4-7,10H,8,14H2,1-3H3,(H,15,17)/t10-/m1/s1. The Morgan fingerprint density at radius 1 is 1.33 bits per heavy atom. The van der Waals surface area contributed by atoms with Gasteiger partial charge in [0.15, 0.2) is 0 Å². The molecular formula is C13H19N3O2. The summed E-state index contributed by atoms with van der Waals surface area (Å²) in [6.07, 6.45) is 0. The van der Waals surface area contributed by atoms with Crippen LogP contribution in [0.3, 0.4) is 0 Å². The maximum atomic E-state index is 11.7. The van der Waals surface area contributed by atoms with Crippen LogP contribution in [0.1, 0.15) is 12.5 Å². The van der Waals surface area contributed by atoms with Gasteiger partial charge in [-0.3, -0.25) is 9.59 Å². The van der Waals surface area contributed by atoms with Crippen molar-refractivity contribution in [1.82, 2.24) is 4.90 Å². The molecule has 5 nitrogen and oxygen atoms in total. The van der Waals surface area contributed by atoms with E-state index in [9.17, 15) is 9.59 Å². The molecule has 0 aliphatic carbocycles. The predicted molar refractivity (Wildman–Crippen MR) is 71.1 cm³/mol. The smallest absolute Gasteiger partial charge is 0.243 e. The Hall–Kier alpha value is -1.88. The Morgan fingerprint density at radius 2 is 1.89 bits per heavy atom. The molecule has 0 fully saturated rings. The van der Waals surface area contributed by atoms with Crippen molar-refractivity contribution < 1.29 is 9.59 Å². The van der Waals surface area contributed by atoms with Crippen molar-refractivity contribution in [3.63, 3.8) is 0 Å². The lowest BCUT2D eigenvalue weighted by atomic mass is 10.2. The summed E-state index contributed by atoms with van der Waals surface area (Å²) in [6, 6.07) is 6.86. The number of benzene rings is 1. The summed E-state index contributed by atoms with van der Waals surface area (Å²) < 4.78 is 0. The number of likely N-dealkylation sites (N-methyl/N-ethyl adjacent to an activating group) is 1. The van der Waals surface area contributed by atoms with E-state index >= 15 is 0 Å². The summed E-state index contributed by atoms with van der Waals surface area (Å²) in [7, 11) is 1.56. The number of nitrogens with zero attached hydrogens (tertiary/aromatic N) is 1. The van der Waals surface area contributed by atoms with Crippen LogP contribution in [-0.4, -0.2) is 36.3 Å². The minimum atomic E-state index is -0.595. The van der Waals surface area contributed by atoms with Crippen LogP contribution in [-0.2, 0) is 9.59 Å². The first kappa shape index (κ1) is 14.2. The van der Waals surface area contributed by atoms with Crippen LogP contribution >= 0.6 is 0 Å². The zero-order chi connectivity index (χ0) is 13.7. The van der Waals surface area contributed by atoms with Crippen molar-refractivity contribution in [1.29, 1.82) is 0 Å². The molecule has 1 aromatic carbocycles. The molecule has 2 amide bonds. The van der Waals surface area contributed by atoms with E-state index in [4.69, 9.17) is 5.73 Å². The molecule has 18 heavy (non-hydrogen) atoms. The van der Waals surface area contributed by atoms with Gasteiger partial charge in [-0.1, -0.05) is 17.7 Å². The van der Waals surface area contributed by atoms with Gasteiger partial charge in [0.25, 0.3) is 0 Å². The average Bonchev–Trinajstić information content (AvgIpc) is 2.30. The van der Waals surface area contributed by atoms with Crippen LogP contribution in [0.5, 0.6) is 0 Å². The molecule has 0 bridgehead atoms. The molecule has 0 aliphatic heterocycles. The van der Waals surface area contributed by atoms with Crippen LogP contribution in [0.25, 0.3) is 0 Å². The van der Waals surface area contributed by atoms with Crippen molar-refractivity contribution in [2.75, 3.05) is 18.9 Å². The molecule has 1 rings (SSSR count). The summed E-state index contributed by atoms with van der Waals surface area (Å²) in [6.45, 7) is 3.56. The Labute approximate surface area is 107 Å². The number of nitrogens with two attached hydrogens (primary N) is 1. The zero-order valence-corrected chi connectivity index (χ0v) is 10.9. The summed E-state index contributed by atoms with van der Waals surface area (Å²) >= 11 is 0. The van der Waals surface area contributed by atoms with Crippen molar-refractivity contribution in [3.05, 3.63) is 29.8 Å². The third kappa shape index (κ3) is 4.18. The van der Waals surface area contributed by atoms with E-state index in [1.54, 1.807) is 14.0 Å². The van der Waals surface area contributed by atoms with Gasteiger partial charge in [-0.05, 0) is 26.0 Å². The Morgan fingerprint density at radius 3 is 2.39 bits per heavy atom. The number of nitrogens with one attached hydrogen (secondary N) is 1. The van der Waals surface area contributed by atoms with E-state index in [1.807, 2.05) is 31.2 Å². The van der Waals surface area contributed by atoms with Crippen molar-refractivity contribution >= 4 is 17.5 Å². The van der Waals surface area contributed by atoms with Gasteiger partial charge in [0.2, 0.25) is 11.8 Å². The molecule has 0 aliphatic rings. The van der Waals surface area contributed by atoms with Gasteiger partial charge in [0.1, 0.15) is 0 Å². The van der Waals surface area contributed by atoms with Crippen LogP contribution in [0, 0.1) is 6.92 Å². The summed E-state index contributed by atoms with van der Waals surface area (Å²) in [4.78, 5) is 24.5. The average molecular weight is 249 g/mol. The number of carbonyl (C=O) groups excluding carboxylic acids is 2. The number of amides is 2. The lowest BCUT2D eigenvalue weighted by Gasteiger charge is -2.18. The molecule has 0 spiro atoms. The summed E-state index contributed by atoms with van der Waals surface area (Å²) in [5.74, 6) is -0.496. The van der Waals surface area contributed by atoms with E-state index in [1.165, 1.54) is 4.90 Å². The molecule has 98 valence electrons. The van der Waals surface area contributed by atoms with E-state index in [2.05, 4.69) is 5.32 Å². The fourth-order valence-corrected chi connectivity index (χ4v) is 1.48. The molecule has 3 N–H and O–H groups in total. The van der Waals surface area contributed by atoms with Crippen LogP contribution < -0.4 is 11.1 Å². The highest BCUT2D eigenvalue weighted by Crippen LogP contribution is 2.08. The van der Waals surface area contributed by atoms with E-state index in [-0.39, 0.29) is 18.4 Å². The molecule has 5 heteroatoms. The number of hydrogen-bond donors (Lipinski definition) is 2. The largest absolute Gasteiger partial charge is 0.335 e. The maximum absolute atomic E-state index is 11.7. The van der Waals surface area contributed by atoms with Crippen LogP contribution in [0.15, 0.2) is 24.3 Å². The third-order valence-corrected chi connectivity index (χ3v) is 2.48. The van der Waals surface area contributed by atoms with Gasteiger partial charge in [0.05, 0.1) is 12.6 Å². The van der Waals surface area contributed by atoms with Crippen molar-refractivity contribution in [3.8, 4) is 0 Å². The molecule has 0 saturated carbocycles. The monoisotopic (exact) mass is 249 g/mol. The third-order valence-electron chi connectivity index (χ3n) is 2.48. The maximum Gasteiger partial charge on any atom is 0.243 e. The lowest BCUT2D eigenvalue weighted by Crippen LogP contribution is -2.43. The van der Waals surface area contributed by atoms with Gasteiger partial charge < -0.3 is 16.0 Å². The number of hydrogen-bond acceptors (Lipinski definition) is 3. The molecule has 0 saturated heterocycles. The minimum absolute atomic E-state index is 0.00570. The first-order valence-corrected chi connectivity index (χ1v) is 5.77. The SMILES string of the molecule is Cc1ccc(NC(=O)CN(C)C(=O)[C@@H](C)N)cc1. The topological polar surface area (TPSA) is 75.4 Å². The van der Waals surface area contributed by atoms with E-state index in [0.29, 0.717) is 5.69 Å². The molecule has 0 aromatic heterocycles. The fraction of sp³-hybridized carbons (Fsp3) is 0.385. The second-order valence-electron chi connectivity index (χ2n) is 4.40. The Kier molecular flexibility index (Phi) is 4.85. The summed E-state index contributed by atoms with van der Waals surface area (Å²) in [5.41, 5.74) is 7.30. The highest BCUT2D eigenvalue weighted by atomic mass is 16.2. The predicted octanol–water partition coefficient (Wildman–Crippen LogP) is 0.739. The molecule has 0 heterocycles. The fourth-order valence-electron chi connectivity index (χ4n) is 1.48. The van der Waals surface area contributed by atoms with Crippen LogP contribution in [0.4, 0.5) is 5.69 Å². The highest BCUT2D eigenvalue weighted by molar-refractivity contribution is 5.95. The second kappa shape index (κ2) is 6.16. The Balaban J connectivity index is 2.51. The molecule has 1 atom stereocenters. The van der Waals surface area contributed by atoms with Gasteiger partial charge in [0, 0.05) is 12.7 Å². The quantitative estimate of drug-likeness (QED) is 0.826. The molecule has 0 unspecified atom stereocenters. The lowest BCUT2D eigenvalue weighted by molar-refractivity contribution is -0.134. The first-order chi connectivity index (χ1) is 8.40. The zero-order valence-electron chi connectivity index (χ0n) is 10.9. The van der Waals surface area contributed by atoms with Gasteiger partial charge in [-0.2, -0.15) is 0 Å². The van der Waals surface area contributed by atoms with E-state index in [0.717, 1.165) is 5.56 Å².